The summed E-state index contributed by atoms with van der Waals surface area (Å²) in [7, 11) is 0. The van der Waals surface area contributed by atoms with Gasteiger partial charge in [-0.05, 0) is 31.2 Å². The highest BCUT2D eigenvalue weighted by molar-refractivity contribution is 4.82. The minimum Gasteiger partial charge on any atom is -0.314 e. The molecular formula is C12H25N. The Morgan fingerprint density at radius 1 is 1.08 bits per heavy atom. The van der Waals surface area contributed by atoms with E-state index in [1.54, 1.807) is 0 Å². The lowest BCUT2D eigenvalue weighted by Gasteiger charge is -2.36. The fraction of sp³-hybridized carbons (Fsp3) is 1.00. The first-order chi connectivity index (χ1) is 6.31. The van der Waals surface area contributed by atoms with Crippen LogP contribution in [0.25, 0.3) is 0 Å². The molecule has 1 aliphatic rings. The minimum absolute atomic E-state index is 0.805. The van der Waals surface area contributed by atoms with Gasteiger partial charge in [-0.2, -0.15) is 0 Å². The predicted molar refractivity (Wildman–Crippen MR) is 58.9 cm³/mol. The van der Waals surface area contributed by atoms with Crippen molar-refractivity contribution in [3.8, 4) is 0 Å². The lowest BCUT2D eigenvalue weighted by atomic mass is 9.78. The van der Waals surface area contributed by atoms with Gasteiger partial charge in [-0.25, -0.2) is 0 Å². The Bertz CT molecular complexity index is 133. The Hall–Kier alpha value is -0.0400. The van der Waals surface area contributed by atoms with Crippen LogP contribution in [0.4, 0.5) is 0 Å². The fourth-order valence-electron chi connectivity index (χ4n) is 2.64. The van der Waals surface area contributed by atoms with Crippen molar-refractivity contribution in [3.63, 3.8) is 0 Å². The smallest absolute Gasteiger partial charge is 0.00673 e. The van der Waals surface area contributed by atoms with Gasteiger partial charge in [0.2, 0.25) is 0 Å². The summed E-state index contributed by atoms with van der Waals surface area (Å²) in [5.41, 5.74) is 0. The maximum Gasteiger partial charge on any atom is 0.00673 e. The highest BCUT2D eigenvalue weighted by Crippen LogP contribution is 2.29. The summed E-state index contributed by atoms with van der Waals surface area (Å²) in [5.74, 6) is 1.95. The molecule has 0 aromatic rings. The van der Waals surface area contributed by atoms with Crippen LogP contribution in [0, 0.1) is 11.8 Å². The number of piperidine rings is 1. The molecule has 3 atom stereocenters. The topological polar surface area (TPSA) is 12.0 Å². The molecule has 13 heavy (non-hydrogen) atoms. The Morgan fingerprint density at radius 3 is 2.38 bits per heavy atom. The molecular weight excluding hydrogens is 158 g/mol. The third-order valence-electron chi connectivity index (χ3n) is 3.60. The average molecular weight is 183 g/mol. The van der Waals surface area contributed by atoms with Crippen molar-refractivity contribution < 1.29 is 0 Å². The van der Waals surface area contributed by atoms with Crippen molar-refractivity contribution in [1.29, 1.82) is 0 Å². The zero-order valence-electron chi connectivity index (χ0n) is 9.47. The van der Waals surface area contributed by atoms with Gasteiger partial charge < -0.3 is 5.32 Å². The van der Waals surface area contributed by atoms with Gasteiger partial charge in [0.05, 0.1) is 0 Å². The van der Waals surface area contributed by atoms with Gasteiger partial charge in [-0.15, -0.1) is 0 Å². The maximum atomic E-state index is 3.66. The number of nitrogens with one attached hydrogen (secondary N) is 1. The van der Waals surface area contributed by atoms with E-state index in [9.17, 15) is 0 Å². The molecule has 0 aromatic heterocycles. The van der Waals surface area contributed by atoms with Gasteiger partial charge in [-0.1, -0.05) is 40.0 Å². The summed E-state index contributed by atoms with van der Waals surface area (Å²) in [5, 5.41) is 3.66. The fourth-order valence-corrected chi connectivity index (χ4v) is 2.64. The van der Waals surface area contributed by atoms with Crippen LogP contribution in [-0.2, 0) is 0 Å². The molecule has 78 valence electrons. The lowest BCUT2D eigenvalue weighted by Crippen LogP contribution is -2.43. The summed E-state index contributed by atoms with van der Waals surface area (Å²) in [6, 6.07) is 0.805. The second-order valence-corrected chi connectivity index (χ2v) is 4.47. The first kappa shape index (κ1) is 11.0. The van der Waals surface area contributed by atoms with Gasteiger partial charge >= 0.3 is 0 Å². The SMILES string of the molecule is CCCC1CC(CC)NCC1CC. The average Bonchev–Trinajstić information content (AvgIpc) is 2.18. The summed E-state index contributed by atoms with van der Waals surface area (Å²) < 4.78 is 0. The first-order valence-corrected chi connectivity index (χ1v) is 6.05. The van der Waals surface area contributed by atoms with Crippen molar-refractivity contribution in [1.82, 2.24) is 5.32 Å². The quantitative estimate of drug-likeness (QED) is 0.706. The molecule has 0 amide bonds. The molecule has 0 saturated carbocycles. The van der Waals surface area contributed by atoms with Crippen LogP contribution in [0.3, 0.4) is 0 Å². The van der Waals surface area contributed by atoms with Crippen LogP contribution in [0.1, 0.15) is 52.9 Å². The standard InChI is InChI=1S/C12H25N/c1-4-7-11-8-12(6-3)13-9-10(11)5-2/h10-13H,4-9H2,1-3H3. The maximum absolute atomic E-state index is 3.66. The molecule has 0 aliphatic carbocycles. The van der Waals surface area contributed by atoms with Gasteiger partial charge in [0, 0.05) is 6.04 Å². The first-order valence-electron chi connectivity index (χ1n) is 6.05. The Morgan fingerprint density at radius 2 is 1.85 bits per heavy atom. The van der Waals surface area contributed by atoms with E-state index in [4.69, 9.17) is 0 Å². The molecule has 0 aromatic carbocycles. The van der Waals surface area contributed by atoms with Gasteiger partial charge in [-0.3, -0.25) is 0 Å². The van der Waals surface area contributed by atoms with Crippen LogP contribution in [-0.4, -0.2) is 12.6 Å². The van der Waals surface area contributed by atoms with Crippen molar-refractivity contribution in [2.75, 3.05) is 6.54 Å². The molecule has 1 nitrogen and oxygen atoms in total. The van der Waals surface area contributed by atoms with E-state index in [-0.39, 0.29) is 0 Å². The van der Waals surface area contributed by atoms with Crippen LogP contribution in [0.2, 0.25) is 0 Å². The molecule has 1 heterocycles. The summed E-state index contributed by atoms with van der Waals surface area (Å²) in [6.07, 6.45) is 6.88. The number of hydrogen-bond acceptors (Lipinski definition) is 1. The third-order valence-corrected chi connectivity index (χ3v) is 3.60. The normalized spacial score (nSPS) is 34.8. The summed E-state index contributed by atoms with van der Waals surface area (Å²) >= 11 is 0. The molecule has 1 heteroatoms. The second kappa shape index (κ2) is 5.64. The van der Waals surface area contributed by atoms with Gasteiger partial charge in [0.1, 0.15) is 0 Å². The molecule has 1 aliphatic heterocycles. The largest absolute Gasteiger partial charge is 0.314 e. The summed E-state index contributed by atoms with van der Waals surface area (Å²) in [6.45, 7) is 8.21. The molecule has 0 spiro atoms. The van der Waals surface area contributed by atoms with E-state index in [1.165, 1.54) is 38.6 Å². The van der Waals surface area contributed by atoms with Crippen LogP contribution in [0.5, 0.6) is 0 Å². The summed E-state index contributed by atoms with van der Waals surface area (Å²) in [4.78, 5) is 0. The minimum atomic E-state index is 0.805. The van der Waals surface area contributed by atoms with Crippen molar-refractivity contribution in [3.05, 3.63) is 0 Å². The molecule has 1 N–H and O–H groups in total. The van der Waals surface area contributed by atoms with E-state index in [0.29, 0.717) is 0 Å². The highest BCUT2D eigenvalue weighted by Gasteiger charge is 2.27. The molecule has 0 bridgehead atoms. The van der Waals surface area contributed by atoms with Crippen LogP contribution < -0.4 is 5.32 Å². The molecule has 1 fully saturated rings. The van der Waals surface area contributed by atoms with Crippen molar-refractivity contribution in [2.24, 2.45) is 11.8 Å². The van der Waals surface area contributed by atoms with E-state index in [1.807, 2.05) is 0 Å². The van der Waals surface area contributed by atoms with Crippen LogP contribution in [0.15, 0.2) is 0 Å². The van der Waals surface area contributed by atoms with E-state index >= 15 is 0 Å². The van der Waals surface area contributed by atoms with Gasteiger partial charge in [0.25, 0.3) is 0 Å². The molecule has 3 unspecified atom stereocenters. The Labute approximate surface area is 83.3 Å². The lowest BCUT2D eigenvalue weighted by molar-refractivity contribution is 0.189. The Kier molecular flexibility index (Phi) is 4.79. The van der Waals surface area contributed by atoms with Gasteiger partial charge in [0.15, 0.2) is 0 Å². The van der Waals surface area contributed by atoms with E-state index < -0.39 is 0 Å². The molecule has 1 rings (SSSR count). The number of rotatable bonds is 4. The van der Waals surface area contributed by atoms with E-state index in [0.717, 1.165) is 17.9 Å². The van der Waals surface area contributed by atoms with Crippen LogP contribution >= 0.6 is 0 Å². The molecule has 1 saturated heterocycles. The zero-order chi connectivity index (χ0) is 9.68. The third kappa shape index (κ3) is 2.98. The van der Waals surface area contributed by atoms with Crippen molar-refractivity contribution in [2.45, 2.75) is 58.9 Å². The predicted octanol–water partition coefficient (Wildman–Crippen LogP) is 3.20. The number of hydrogen-bond donors (Lipinski definition) is 1. The van der Waals surface area contributed by atoms with Crippen molar-refractivity contribution >= 4 is 0 Å². The molecule has 0 radical (unpaired) electrons. The highest BCUT2D eigenvalue weighted by atomic mass is 14.9. The van der Waals surface area contributed by atoms with E-state index in [2.05, 4.69) is 26.1 Å². The Balaban J connectivity index is 2.42. The monoisotopic (exact) mass is 183 g/mol. The second-order valence-electron chi connectivity index (χ2n) is 4.47. The zero-order valence-corrected chi connectivity index (χ0v) is 9.47.